The monoisotopic (exact) mass is 338 g/mol. The Balaban J connectivity index is 0.00000192. The van der Waals surface area contributed by atoms with Gasteiger partial charge in [0.05, 0.1) is 6.61 Å². The minimum absolute atomic E-state index is 0. The van der Waals surface area contributed by atoms with Crippen LogP contribution in [0.1, 0.15) is 42.6 Å². The Morgan fingerprint density at radius 2 is 2.13 bits per heavy atom. The maximum absolute atomic E-state index is 11.6. The van der Waals surface area contributed by atoms with Gasteiger partial charge in [-0.3, -0.25) is 9.69 Å². The smallest absolute Gasteiger partial charge is 0.159 e. The molecule has 1 aliphatic heterocycles. The molecule has 3 atom stereocenters. The Labute approximate surface area is 144 Å². The van der Waals surface area contributed by atoms with E-state index >= 15 is 0 Å². The Hall–Kier alpha value is -1.10. The van der Waals surface area contributed by atoms with Gasteiger partial charge in [0.1, 0.15) is 5.75 Å². The van der Waals surface area contributed by atoms with Crippen LogP contribution < -0.4 is 10.5 Å². The number of fused-ring (bicyclic) bond motifs is 1. The number of rotatable bonds is 5. The number of ketones is 1. The van der Waals surface area contributed by atoms with Crippen LogP contribution in [0.3, 0.4) is 0 Å². The van der Waals surface area contributed by atoms with Crippen molar-refractivity contribution in [3.05, 3.63) is 29.3 Å². The first kappa shape index (κ1) is 18.2. The second kappa shape index (κ2) is 7.65. The van der Waals surface area contributed by atoms with E-state index in [0.717, 1.165) is 42.4 Å². The molecule has 1 aromatic carbocycles. The summed E-state index contributed by atoms with van der Waals surface area (Å²) in [7, 11) is 0. The number of carbonyl (C=O) groups is 1. The quantitative estimate of drug-likeness (QED) is 0.839. The molecule has 1 aliphatic carbocycles. The predicted molar refractivity (Wildman–Crippen MR) is 94.3 cm³/mol. The van der Waals surface area contributed by atoms with Gasteiger partial charge < -0.3 is 10.5 Å². The lowest BCUT2D eigenvalue weighted by molar-refractivity contribution is 0.101. The maximum atomic E-state index is 11.6. The molecule has 1 aromatic rings. The van der Waals surface area contributed by atoms with Gasteiger partial charge in [-0.25, -0.2) is 0 Å². The molecular formula is C18H27ClN2O2. The Bertz CT molecular complexity index is 564. The van der Waals surface area contributed by atoms with E-state index in [1.807, 2.05) is 25.1 Å². The van der Waals surface area contributed by atoms with Crippen LogP contribution in [-0.2, 0) is 6.54 Å². The highest BCUT2D eigenvalue weighted by Crippen LogP contribution is 2.38. The van der Waals surface area contributed by atoms with E-state index in [-0.39, 0.29) is 18.2 Å². The number of likely N-dealkylation sites (tertiary alicyclic amines) is 1. The summed E-state index contributed by atoms with van der Waals surface area (Å²) in [6, 6.07) is 6.13. The normalized spacial score (nSPS) is 26.7. The van der Waals surface area contributed by atoms with E-state index in [1.54, 1.807) is 6.92 Å². The first-order valence-corrected chi connectivity index (χ1v) is 8.33. The van der Waals surface area contributed by atoms with Gasteiger partial charge in [-0.1, -0.05) is 0 Å². The lowest BCUT2D eigenvalue weighted by atomic mass is 9.98. The third-order valence-electron chi connectivity index (χ3n) is 5.15. The predicted octanol–water partition coefficient (Wildman–Crippen LogP) is 2.88. The van der Waals surface area contributed by atoms with E-state index < -0.39 is 0 Å². The van der Waals surface area contributed by atoms with Crippen molar-refractivity contribution in [2.75, 3.05) is 19.7 Å². The second-order valence-electron chi connectivity index (χ2n) is 6.67. The number of halogens is 1. The van der Waals surface area contributed by atoms with Gasteiger partial charge in [0.15, 0.2) is 5.78 Å². The number of ether oxygens (including phenoxy) is 1. The summed E-state index contributed by atoms with van der Waals surface area (Å²) >= 11 is 0. The van der Waals surface area contributed by atoms with Crippen molar-refractivity contribution in [2.24, 2.45) is 17.6 Å². The molecule has 0 spiro atoms. The standard InChI is InChI=1S/C18H26N2O2.ClH/c1-3-22-18-7-5-13(12(2)21)8-15(18)10-20-9-14-4-6-17(19)16(14)11-20;/h5,7-8,14,16-17H,3-4,6,9-11,19H2,1-2H3;1H. The van der Waals surface area contributed by atoms with Crippen LogP contribution in [0.5, 0.6) is 5.75 Å². The molecular weight excluding hydrogens is 312 g/mol. The molecule has 2 N–H and O–H groups in total. The fourth-order valence-electron chi connectivity index (χ4n) is 3.99. The molecule has 1 saturated carbocycles. The molecule has 2 fully saturated rings. The summed E-state index contributed by atoms with van der Waals surface area (Å²) in [6.07, 6.45) is 2.43. The minimum atomic E-state index is 0. The topological polar surface area (TPSA) is 55.6 Å². The van der Waals surface area contributed by atoms with E-state index in [1.165, 1.54) is 12.8 Å². The molecule has 0 aromatic heterocycles. The van der Waals surface area contributed by atoms with Crippen molar-refractivity contribution in [2.45, 2.75) is 39.3 Å². The van der Waals surface area contributed by atoms with Crippen LogP contribution in [-0.4, -0.2) is 36.4 Å². The highest BCUT2D eigenvalue weighted by atomic mass is 35.5. The van der Waals surface area contributed by atoms with E-state index in [0.29, 0.717) is 18.6 Å². The van der Waals surface area contributed by atoms with Gasteiger partial charge in [-0.15, -0.1) is 12.4 Å². The molecule has 3 unspecified atom stereocenters. The van der Waals surface area contributed by atoms with Gasteiger partial charge in [0.25, 0.3) is 0 Å². The van der Waals surface area contributed by atoms with Crippen LogP contribution in [0.25, 0.3) is 0 Å². The third kappa shape index (κ3) is 3.87. The molecule has 2 aliphatic rings. The summed E-state index contributed by atoms with van der Waals surface area (Å²) in [6.45, 7) is 7.27. The van der Waals surface area contributed by atoms with E-state index in [9.17, 15) is 4.79 Å². The summed E-state index contributed by atoms with van der Waals surface area (Å²) in [5, 5.41) is 0. The summed E-state index contributed by atoms with van der Waals surface area (Å²) < 4.78 is 5.73. The highest BCUT2D eigenvalue weighted by molar-refractivity contribution is 5.94. The van der Waals surface area contributed by atoms with Gasteiger partial charge in [-0.2, -0.15) is 0 Å². The number of carbonyl (C=O) groups excluding carboxylic acids is 1. The molecule has 0 radical (unpaired) electrons. The van der Waals surface area contributed by atoms with Crippen LogP contribution in [0.2, 0.25) is 0 Å². The van der Waals surface area contributed by atoms with Crippen LogP contribution in [0.15, 0.2) is 18.2 Å². The summed E-state index contributed by atoms with van der Waals surface area (Å²) in [5.41, 5.74) is 8.09. The number of Topliss-reactive ketones (excluding diaryl/α,β-unsaturated/α-hetero) is 1. The zero-order valence-electron chi connectivity index (χ0n) is 14.0. The van der Waals surface area contributed by atoms with Crippen molar-refractivity contribution in [3.8, 4) is 5.75 Å². The maximum Gasteiger partial charge on any atom is 0.159 e. The van der Waals surface area contributed by atoms with Crippen LogP contribution in [0.4, 0.5) is 0 Å². The first-order chi connectivity index (χ1) is 10.6. The zero-order valence-corrected chi connectivity index (χ0v) is 14.8. The molecule has 0 amide bonds. The number of nitrogens with two attached hydrogens (primary N) is 1. The Kier molecular flexibility index (Phi) is 6.06. The van der Waals surface area contributed by atoms with Crippen molar-refractivity contribution >= 4 is 18.2 Å². The number of nitrogens with zero attached hydrogens (tertiary/aromatic N) is 1. The minimum Gasteiger partial charge on any atom is -0.494 e. The first-order valence-electron chi connectivity index (χ1n) is 8.33. The summed E-state index contributed by atoms with van der Waals surface area (Å²) in [4.78, 5) is 14.1. The average molecular weight is 339 g/mol. The van der Waals surface area contributed by atoms with Crippen molar-refractivity contribution in [1.82, 2.24) is 4.90 Å². The number of benzene rings is 1. The Morgan fingerprint density at radius 3 is 2.78 bits per heavy atom. The molecule has 3 rings (SSSR count). The fraction of sp³-hybridized carbons (Fsp3) is 0.611. The fourth-order valence-corrected chi connectivity index (χ4v) is 3.99. The molecule has 5 heteroatoms. The average Bonchev–Trinajstić information content (AvgIpc) is 3.03. The van der Waals surface area contributed by atoms with Crippen molar-refractivity contribution in [3.63, 3.8) is 0 Å². The lowest BCUT2D eigenvalue weighted by Gasteiger charge is -2.20. The number of hydrogen-bond acceptors (Lipinski definition) is 4. The SMILES string of the molecule is CCOc1ccc(C(C)=O)cc1CN1CC2CCC(N)C2C1.Cl. The molecule has 128 valence electrons. The van der Waals surface area contributed by atoms with Crippen molar-refractivity contribution < 1.29 is 9.53 Å². The largest absolute Gasteiger partial charge is 0.494 e. The number of hydrogen-bond donors (Lipinski definition) is 1. The van der Waals surface area contributed by atoms with E-state index in [2.05, 4.69) is 4.90 Å². The molecule has 4 nitrogen and oxygen atoms in total. The van der Waals surface area contributed by atoms with Gasteiger partial charge in [-0.05, 0) is 56.7 Å². The molecule has 23 heavy (non-hydrogen) atoms. The molecule has 1 saturated heterocycles. The lowest BCUT2D eigenvalue weighted by Crippen LogP contribution is -2.30. The van der Waals surface area contributed by atoms with Gasteiger partial charge >= 0.3 is 0 Å². The molecule has 0 bridgehead atoms. The van der Waals surface area contributed by atoms with Crippen LogP contribution >= 0.6 is 12.4 Å². The zero-order chi connectivity index (χ0) is 15.7. The van der Waals surface area contributed by atoms with E-state index in [4.69, 9.17) is 10.5 Å². The van der Waals surface area contributed by atoms with Gasteiger partial charge in [0.2, 0.25) is 0 Å². The Morgan fingerprint density at radius 1 is 1.35 bits per heavy atom. The van der Waals surface area contributed by atoms with Crippen LogP contribution in [0, 0.1) is 11.8 Å². The molecule has 1 heterocycles. The highest BCUT2D eigenvalue weighted by Gasteiger charge is 2.40. The van der Waals surface area contributed by atoms with Gasteiger partial charge in [0, 0.05) is 36.8 Å². The second-order valence-corrected chi connectivity index (χ2v) is 6.67. The van der Waals surface area contributed by atoms with Crippen molar-refractivity contribution in [1.29, 1.82) is 0 Å². The summed E-state index contributed by atoms with van der Waals surface area (Å²) in [5.74, 6) is 2.39. The third-order valence-corrected chi connectivity index (χ3v) is 5.15.